The minimum atomic E-state index is -1.26. The van der Waals surface area contributed by atoms with Crippen LogP contribution in [0, 0.1) is 0 Å². The van der Waals surface area contributed by atoms with Gasteiger partial charge in [-0.15, -0.1) is 0 Å². The SMILES string of the molecule is CCOC(=O)C(O)c1ccc2occ(Br)c2c1. The van der Waals surface area contributed by atoms with Crippen molar-refractivity contribution >= 4 is 32.9 Å². The number of esters is 1. The fourth-order valence-corrected chi connectivity index (χ4v) is 1.95. The van der Waals surface area contributed by atoms with Gasteiger partial charge in [0.2, 0.25) is 0 Å². The van der Waals surface area contributed by atoms with Gasteiger partial charge in [-0.25, -0.2) is 4.79 Å². The lowest BCUT2D eigenvalue weighted by molar-refractivity contribution is -0.153. The first-order valence-corrected chi connectivity index (χ1v) is 5.94. The van der Waals surface area contributed by atoms with Gasteiger partial charge in [0, 0.05) is 5.39 Å². The highest BCUT2D eigenvalue weighted by Crippen LogP contribution is 2.28. The van der Waals surface area contributed by atoms with Gasteiger partial charge in [0.15, 0.2) is 6.10 Å². The molecule has 0 aliphatic heterocycles. The van der Waals surface area contributed by atoms with Gasteiger partial charge in [-0.05, 0) is 40.5 Å². The van der Waals surface area contributed by atoms with Crippen LogP contribution in [-0.2, 0) is 9.53 Å². The van der Waals surface area contributed by atoms with E-state index in [2.05, 4.69) is 15.9 Å². The highest BCUT2D eigenvalue weighted by Gasteiger charge is 2.19. The van der Waals surface area contributed by atoms with E-state index < -0.39 is 12.1 Å². The van der Waals surface area contributed by atoms with E-state index in [4.69, 9.17) is 9.15 Å². The van der Waals surface area contributed by atoms with Gasteiger partial charge < -0.3 is 14.3 Å². The molecule has 0 spiro atoms. The van der Waals surface area contributed by atoms with E-state index >= 15 is 0 Å². The van der Waals surface area contributed by atoms with Gasteiger partial charge in [0.05, 0.1) is 11.1 Å². The maximum Gasteiger partial charge on any atom is 0.339 e. The molecule has 0 saturated carbocycles. The number of hydrogen-bond acceptors (Lipinski definition) is 4. The summed E-state index contributed by atoms with van der Waals surface area (Å²) in [6, 6.07) is 5.04. The second-order valence-electron chi connectivity index (χ2n) is 3.49. The zero-order valence-corrected chi connectivity index (χ0v) is 10.7. The molecule has 1 aromatic heterocycles. The highest BCUT2D eigenvalue weighted by atomic mass is 79.9. The quantitative estimate of drug-likeness (QED) is 0.885. The van der Waals surface area contributed by atoms with Crippen molar-refractivity contribution in [1.82, 2.24) is 0 Å². The first-order chi connectivity index (χ1) is 8.13. The fourth-order valence-electron chi connectivity index (χ4n) is 1.54. The number of benzene rings is 1. The number of fused-ring (bicyclic) bond motifs is 1. The second-order valence-corrected chi connectivity index (χ2v) is 4.35. The summed E-state index contributed by atoms with van der Waals surface area (Å²) in [5.41, 5.74) is 1.18. The van der Waals surface area contributed by atoms with Crippen molar-refractivity contribution in [2.75, 3.05) is 6.61 Å². The molecule has 5 heteroatoms. The van der Waals surface area contributed by atoms with Crippen LogP contribution in [0.25, 0.3) is 11.0 Å². The summed E-state index contributed by atoms with van der Waals surface area (Å²) in [5.74, 6) is -0.647. The van der Waals surface area contributed by atoms with Gasteiger partial charge in [-0.3, -0.25) is 0 Å². The third-order valence-electron chi connectivity index (χ3n) is 2.38. The van der Waals surface area contributed by atoms with Crippen LogP contribution in [0.1, 0.15) is 18.6 Å². The fraction of sp³-hybridized carbons (Fsp3) is 0.250. The van der Waals surface area contributed by atoms with Crippen molar-refractivity contribution in [3.05, 3.63) is 34.5 Å². The monoisotopic (exact) mass is 298 g/mol. The molecule has 0 aliphatic carbocycles. The Morgan fingerprint density at radius 2 is 2.35 bits per heavy atom. The van der Waals surface area contributed by atoms with Crippen molar-refractivity contribution in [2.24, 2.45) is 0 Å². The average molecular weight is 299 g/mol. The van der Waals surface area contributed by atoms with Crippen LogP contribution in [0.2, 0.25) is 0 Å². The van der Waals surface area contributed by atoms with Crippen LogP contribution in [-0.4, -0.2) is 17.7 Å². The standard InChI is InChI=1S/C12H11BrO4/c1-2-16-12(15)11(14)7-3-4-10-8(5-7)9(13)6-17-10/h3-6,11,14H,2H2,1H3. The summed E-state index contributed by atoms with van der Waals surface area (Å²) in [6.45, 7) is 1.94. The molecule has 17 heavy (non-hydrogen) atoms. The number of ether oxygens (including phenoxy) is 1. The molecule has 0 saturated heterocycles. The predicted molar refractivity (Wildman–Crippen MR) is 65.5 cm³/mol. The summed E-state index contributed by atoms with van der Waals surface area (Å²) >= 11 is 3.33. The molecule has 1 aromatic carbocycles. The first-order valence-electron chi connectivity index (χ1n) is 5.15. The van der Waals surface area contributed by atoms with Crippen molar-refractivity contribution < 1.29 is 19.1 Å². The van der Waals surface area contributed by atoms with E-state index in [0.29, 0.717) is 11.1 Å². The smallest absolute Gasteiger partial charge is 0.339 e. The molecule has 0 amide bonds. The van der Waals surface area contributed by atoms with Crippen molar-refractivity contribution in [3.8, 4) is 0 Å². The Labute approximate surface area is 106 Å². The Morgan fingerprint density at radius 1 is 1.59 bits per heavy atom. The molecule has 2 rings (SSSR count). The van der Waals surface area contributed by atoms with Gasteiger partial charge in [0.25, 0.3) is 0 Å². The second kappa shape index (κ2) is 4.89. The number of aliphatic hydroxyl groups is 1. The Balaban J connectivity index is 2.35. The molecule has 1 heterocycles. The molecular formula is C12H11BrO4. The zero-order valence-electron chi connectivity index (χ0n) is 9.14. The number of aliphatic hydroxyl groups excluding tert-OH is 1. The van der Waals surface area contributed by atoms with Crippen LogP contribution in [0.15, 0.2) is 33.4 Å². The molecule has 0 radical (unpaired) electrons. The maximum absolute atomic E-state index is 11.4. The third kappa shape index (κ3) is 2.35. The Hall–Kier alpha value is -1.33. The average Bonchev–Trinajstić information content (AvgIpc) is 2.70. The Morgan fingerprint density at radius 3 is 3.06 bits per heavy atom. The van der Waals surface area contributed by atoms with Gasteiger partial charge in [-0.2, -0.15) is 0 Å². The molecule has 1 N–H and O–H groups in total. The van der Waals surface area contributed by atoms with Crippen LogP contribution in [0.5, 0.6) is 0 Å². The van der Waals surface area contributed by atoms with Gasteiger partial charge >= 0.3 is 5.97 Å². The van der Waals surface area contributed by atoms with E-state index in [9.17, 15) is 9.90 Å². The Kier molecular flexibility index (Phi) is 3.49. The normalized spacial score (nSPS) is 12.6. The van der Waals surface area contributed by atoms with E-state index in [1.165, 1.54) is 0 Å². The van der Waals surface area contributed by atoms with Crippen LogP contribution in [0.4, 0.5) is 0 Å². The minimum Gasteiger partial charge on any atom is -0.464 e. The summed E-state index contributed by atoms with van der Waals surface area (Å²) in [7, 11) is 0. The number of rotatable bonds is 3. The molecule has 4 nitrogen and oxygen atoms in total. The predicted octanol–water partition coefficient (Wildman–Crippen LogP) is 2.79. The van der Waals surface area contributed by atoms with Crippen LogP contribution < -0.4 is 0 Å². The maximum atomic E-state index is 11.4. The highest BCUT2D eigenvalue weighted by molar-refractivity contribution is 9.10. The molecule has 2 aromatic rings. The number of carbonyl (C=O) groups excluding carboxylic acids is 1. The van der Waals surface area contributed by atoms with Crippen molar-refractivity contribution in [3.63, 3.8) is 0 Å². The third-order valence-corrected chi connectivity index (χ3v) is 2.99. The number of hydrogen-bond donors (Lipinski definition) is 1. The van der Waals surface area contributed by atoms with E-state index in [1.54, 1.807) is 31.4 Å². The molecule has 1 atom stereocenters. The molecular weight excluding hydrogens is 288 g/mol. The molecule has 0 fully saturated rings. The lowest BCUT2D eigenvalue weighted by Crippen LogP contribution is -2.15. The largest absolute Gasteiger partial charge is 0.464 e. The minimum absolute atomic E-state index is 0.244. The van der Waals surface area contributed by atoms with Crippen LogP contribution in [0.3, 0.4) is 0 Å². The van der Waals surface area contributed by atoms with E-state index in [-0.39, 0.29) is 6.61 Å². The topological polar surface area (TPSA) is 59.7 Å². The summed E-state index contributed by atoms with van der Waals surface area (Å²) < 4.78 is 10.8. The molecule has 1 unspecified atom stereocenters. The molecule has 90 valence electrons. The number of furan rings is 1. The van der Waals surface area contributed by atoms with Gasteiger partial charge in [-0.1, -0.05) is 6.07 Å². The molecule has 0 bridgehead atoms. The van der Waals surface area contributed by atoms with Crippen molar-refractivity contribution in [2.45, 2.75) is 13.0 Å². The lowest BCUT2D eigenvalue weighted by atomic mass is 10.1. The van der Waals surface area contributed by atoms with E-state index in [0.717, 1.165) is 9.86 Å². The number of carbonyl (C=O) groups is 1. The summed E-state index contributed by atoms with van der Waals surface area (Å²) in [5, 5.41) is 10.6. The van der Waals surface area contributed by atoms with Crippen LogP contribution >= 0.6 is 15.9 Å². The van der Waals surface area contributed by atoms with E-state index in [1.807, 2.05) is 0 Å². The first kappa shape index (κ1) is 12.1. The lowest BCUT2D eigenvalue weighted by Gasteiger charge is -2.09. The summed E-state index contributed by atoms with van der Waals surface area (Å²) in [4.78, 5) is 11.4. The molecule has 0 aliphatic rings. The zero-order chi connectivity index (χ0) is 12.4. The summed E-state index contributed by atoms with van der Waals surface area (Å²) in [6.07, 6.45) is 0.298. The van der Waals surface area contributed by atoms with Crippen molar-refractivity contribution in [1.29, 1.82) is 0 Å². The van der Waals surface area contributed by atoms with Gasteiger partial charge in [0.1, 0.15) is 11.8 Å². The Bertz CT molecular complexity index is 546. The number of halogens is 1.